The van der Waals surface area contributed by atoms with E-state index in [0.717, 1.165) is 10.5 Å². The maximum atomic E-state index is 12.9. The highest BCUT2D eigenvalue weighted by atomic mass is 16.6. The Balaban J connectivity index is 1.69. The average Bonchev–Trinajstić information content (AvgIpc) is 2.98. The van der Waals surface area contributed by atoms with E-state index in [2.05, 4.69) is 17.2 Å². The first-order valence-electron chi connectivity index (χ1n) is 11.0. The van der Waals surface area contributed by atoms with Crippen LogP contribution in [-0.4, -0.2) is 51.1 Å². The number of piperidine rings is 1. The first kappa shape index (κ1) is 24.1. The van der Waals surface area contributed by atoms with Crippen molar-refractivity contribution >= 4 is 28.9 Å². The van der Waals surface area contributed by atoms with E-state index in [-0.39, 0.29) is 23.9 Å². The van der Waals surface area contributed by atoms with Gasteiger partial charge in [0.05, 0.1) is 11.0 Å². The van der Waals surface area contributed by atoms with Gasteiger partial charge in [-0.25, -0.2) is 9.59 Å². The number of imidazole rings is 1. The molecular weight excluding hydrogens is 424 g/mol. The topological polar surface area (TPSA) is 103 Å². The van der Waals surface area contributed by atoms with Gasteiger partial charge in [-0.3, -0.25) is 23.6 Å². The molecule has 9 heteroatoms. The molecule has 1 atom stereocenters. The summed E-state index contributed by atoms with van der Waals surface area (Å²) in [5.74, 6) is 5.55. The molecule has 176 valence electrons. The number of fused-ring (bicyclic) bond motifs is 1. The summed E-state index contributed by atoms with van der Waals surface area (Å²) in [6.45, 7) is 5.90. The molecule has 1 saturated heterocycles. The summed E-state index contributed by atoms with van der Waals surface area (Å²) in [6, 6.07) is 4.72. The molecule has 0 bridgehead atoms. The van der Waals surface area contributed by atoms with Crippen LogP contribution in [0.3, 0.4) is 0 Å². The number of benzene rings is 1. The van der Waals surface area contributed by atoms with Gasteiger partial charge in [-0.05, 0) is 51.8 Å². The van der Waals surface area contributed by atoms with Gasteiger partial charge in [0, 0.05) is 39.0 Å². The highest BCUT2D eigenvalue weighted by Crippen LogP contribution is 2.26. The largest absolute Gasteiger partial charge is 0.444 e. The number of rotatable bonds is 4. The van der Waals surface area contributed by atoms with Crippen molar-refractivity contribution < 1.29 is 19.1 Å². The Morgan fingerprint density at radius 2 is 1.91 bits per heavy atom. The number of nitrogens with zero attached hydrogens (tertiary/aromatic N) is 3. The van der Waals surface area contributed by atoms with E-state index < -0.39 is 17.7 Å². The standard InChI is InChI=1S/C24H30N4O5/c1-24(2,3)33-22(31)25-14-8-6-7-9-16-10-11-17-19(15-16)26(4)23(32)28(17)18-12-13-20(29)27(5)21(18)30/h10-11,15,18H,6,8,12-14H2,1-5H3,(H,25,31). The van der Waals surface area contributed by atoms with Gasteiger partial charge in [-0.1, -0.05) is 11.8 Å². The third-order valence-electron chi connectivity index (χ3n) is 5.40. The van der Waals surface area contributed by atoms with Gasteiger partial charge < -0.3 is 10.1 Å². The van der Waals surface area contributed by atoms with Gasteiger partial charge in [0.2, 0.25) is 5.91 Å². The van der Waals surface area contributed by atoms with Crippen molar-refractivity contribution in [3.63, 3.8) is 0 Å². The van der Waals surface area contributed by atoms with Crippen molar-refractivity contribution in [1.82, 2.24) is 19.4 Å². The van der Waals surface area contributed by atoms with Crippen LogP contribution in [0.25, 0.3) is 11.0 Å². The van der Waals surface area contributed by atoms with Gasteiger partial charge in [-0.2, -0.15) is 0 Å². The van der Waals surface area contributed by atoms with Gasteiger partial charge in [0.15, 0.2) is 0 Å². The number of ether oxygens (including phenoxy) is 1. The van der Waals surface area contributed by atoms with Gasteiger partial charge in [-0.15, -0.1) is 0 Å². The number of aromatic nitrogens is 2. The smallest absolute Gasteiger partial charge is 0.407 e. The number of hydrogen-bond donors (Lipinski definition) is 1. The minimum Gasteiger partial charge on any atom is -0.444 e. The van der Waals surface area contributed by atoms with Gasteiger partial charge in [0.1, 0.15) is 11.6 Å². The molecule has 0 aliphatic carbocycles. The van der Waals surface area contributed by atoms with E-state index in [9.17, 15) is 19.2 Å². The van der Waals surface area contributed by atoms with Crippen LogP contribution in [-0.2, 0) is 21.4 Å². The molecule has 1 aromatic carbocycles. The molecule has 0 radical (unpaired) electrons. The number of amides is 3. The van der Waals surface area contributed by atoms with Crippen LogP contribution >= 0.6 is 0 Å². The van der Waals surface area contributed by atoms with Crippen LogP contribution in [0.15, 0.2) is 23.0 Å². The molecule has 1 fully saturated rings. The monoisotopic (exact) mass is 454 g/mol. The summed E-state index contributed by atoms with van der Waals surface area (Å²) in [5.41, 5.74) is 1.22. The van der Waals surface area contributed by atoms with Crippen molar-refractivity contribution in [2.24, 2.45) is 7.05 Å². The van der Waals surface area contributed by atoms with Crippen LogP contribution in [0.1, 0.15) is 58.1 Å². The fraction of sp³-hybridized carbons (Fsp3) is 0.500. The number of unbranched alkanes of at least 4 members (excludes halogenated alkanes) is 1. The Bertz CT molecular complexity index is 1210. The summed E-state index contributed by atoms with van der Waals surface area (Å²) < 4.78 is 8.15. The number of alkyl carbamates (subject to hydrolysis) is 1. The average molecular weight is 455 g/mol. The van der Waals surface area contributed by atoms with Gasteiger partial charge >= 0.3 is 11.8 Å². The third-order valence-corrected chi connectivity index (χ3v) is 5.40. The van der Waals surface area contributed by atoms with Crippen molar-refractivity contribution in [2.45, 2.75) is 58.1 Å². The number of nitrogens with one attached hydrogen (secondary N) is 1. The van der Waals surface area contributed by atoms with Crippen molar-refractivity contribution in [2.75, 3.05) is 13.6 Å². The second-order valence-corrected chi connectivity index (χ2v) is 9.09. The molecule has 33 heavy (non-hydrogen) atoms. The summed E-state index contributed by atoms with van der Waals surface area (Å²) in [4.78, 5) is 50.0. The van der Waals surface area contributed by atoms with E-state index in [1.54, 1.807) is 13.1 Å². The highest BCUT2D eigenvalue weighted by molar-refractivity contribution is 5.99. The normalized spacial score (nSPS) is 16.5. The van der Waals surface area contributed by atoms with Gasteiger partial charge in [0.25, 0.3) is 5.91 Å². The lowest BCUT2D eigenvalue weighted by Crippen LogP contribution is -2.45. The highest BCUT2D eigenvalue weighted by Gasteiger charge is 2.35. The Morgan fingerprint density at radius 1 is 1.18 bits per heavy atom. The summed E-state index contributed by atoms with van der Waals surface area (Å²) in [5, 5.41) is 2.70. The first-order chi connectivity index (χ1) is 15.5. The van der Waals surface area contributed by atoms with Crippen LogP contribution in [0.5, 0.6) is 0 Å². The number of likely N-dealkylation sites (N-methyl/N-ethyl adjacent to an activating group) is 1. The molecule has 2 heterocycles. The Hall–Kier alpha value is -3.54. The predicted molar refractivity (Wildman–Crippen MR) is 124 cm³/mol. The molecule has 1 unspecified atom stereocenters. The van der Waals surface area contributed by atoms with Crippen LogP contribution in [0.4, 0.5) is 4.79 Å². The molecule has 9 nitrogen and oxygen atoms in total. The Morgan fingerprint density at radius 3 is 2.61 bits per heavy atom. The second kappa shape index (κ2) is 9.53. The zero-order chi connectivity index (χ0) is 24.3. The zero-order valence-electron chi connectivity index (χ0n) is 19.7. The van der Waals surface area contributed by atoms with Crippen LogP contribution in [0, 0.1) is 11.8 Å². The number of hydrogen-bond acceptors (Lipinski definition) is 5. The summed E-state index contributed by atoms with van der Waals surface area (Å²) in [7, 11) is 3.10. The third kappa shape index (κ3) is 5.45. The predicted octanol–water partition coefficient (Wildman–Crippen LogP) is 2.32. The summed E-state index contributed by atoms with van der Waals surface area (Å²) in [6.07, 6.45) is 1.35. The van der Waals surface area contributed by atoms with E-state index in [4.69, 9.17) is 4.74 Å². The minimum atomic E-state index is -0.696. The molecule has 0 saturated carbocycles. The van der Waals surface area contributed by atoms with Crippen molar-refractivity contribution in [1.29, 1.82) is 0 Å². The fourth-order valence-corrected chi connectivity index (χ4v) is 3.73. The molecular formula is C24H30N4O5. The zero-order valence-corrected chi connectivity index (χ0v) is 19.7. The maximum Gasteiger partial charge on any atom is 0.407 e. The van der Waals surface area contributed by atoms with E-state index in [1.807, 2.05) is 32.9 Å². The number of carbonyl (C=O) groups is 3. The lowest BCUT2D eigenvalue weighted by molar-refractivity contribution is -0.149. The minimum absolute atomic E-state index is 0.224. The molecule has 0 spiro atoms. The van der Waals surface area contributed by atoms with Crippen molar-refractivity contribution in [3.8, 4) is 11.8 Å². The number of carbonyl (C=O) groups excluding carboxylic acids is 3. The number of imide groups is 1. The fourth-order valence-electron chi connectivity index (χ4n) is 3.73. The molecule has 1 aliphatic heterocycles. The molecule has 1 aliphatic rings. The van der Waals surface area contributed by atoms with Crippen molar-refractivity contribution in [3.05, 3.63) is 34.2 Å². The maximum absolute atomic E-state index is 12.9. The Kier molecular flexibility index (Phi) is 6.96. The molecule has 3 amide bonds. The molecule has 3 rings (SSSR count). The number of aryl methyl sites for hydroxylation is 1. The van der Waals surface area contributed by atoms with E-state index >= 15 is 0 Å². The lowest BCUT2D eigenvalue weighted by atomic mass is 10.0. The molecule has 1 aromatic heterocycles. The van der Waals surface area contributed by atoms with Crippen LogP contribution in [0.2, 0.25) is 0 Å². The number of likely N-dealkylation sites (tertiary alicyclic amines) is 1. The second-order valence-electron chi connectivity index (χ2n) is 9.09. The molecule has 1 N–H and O–H groups in total. The lowest BCUT2D eigenvalue weighted by Gasteiger charge is -2.28. The SMILES string of the molecule is CN1C(=O)CCC(n2c(=O)n(C)c3cc(C#CCCCNC(=O)OC(C)(C)C)ccc32)C1=O. The summed E-state index contributed by atoms with van der Waals surface area (Å²) >= 11 is 0. The molecule has 2 aromatic rings. The van der Waals surface area contributed by atoms with E-state index in [1.165, 1.54) is 16.2 Å². The first-order valence-corrected chi connectivity index (χ1v) is 11.0. The van der Waals surface area contributed by atoms with Crippen LogP contribution < -0.4 is 11.0 Å². The van der Waals surface area contributed by atoms with E-state index in [0.29, 0.717) is 36.8 Å². The Labute approximate surface area is 192 Å². The quantitative estimate of drug-likeness (QED) is 0.434.